The molecule has 0 aliphatic heterocycles. The zero-order chi connectivity index (χ0) is 12.3. The van der Waals surface area contributed by atoms with Crippen LogP contribution in [-0.4, -0.2) is 9.91 Å². The minimum absolute atomic E-state index is 0.261. The van der Waals surface area contributed by atoms with E-state index in [-0.39, 0.29) is 5.69 Å². The monoisotopic (exact) mass is 250 g/mol. The fraction of sp³-hybridized carbons (Fsp3) is 0. The molecule has 1 aromatic heterocycles. The van der Waals surface area contributed by atoms with Crippen molar-refractivity contribution >= 4 is 17.4 Å². The fourth-order valence-corrected chi connectivity index (χ4v) is 2.09. The SMILES string of the molecule is O=[N+]([O-])c1cc(F)cc(Sc2ccccn2)c1. The number of rotatable bonds is 3. The second-order valence-electron chi connectivity index (χ2n) is 3.17. The van der Waals surface area contributed by atoms with Gasteiger partial charge in [-0.3, -0.25) is 10.1 Å². The van der Waals surface area contributed by atoms with Crippen LogP contribution in [0.2, 0.25) is 0 Å². The van der Waals surface area contributed by atoms with Gasteiger partial charge in [-0.1, -0.05) is 17.8 Å². The van der Waals surface area contributed by atoms with Gasteiger partial charge in [-0.2, -0.15) is 0 Å². The molecule has 6 heteroatoms. The minimum atomic E-state index is -0.627. The van der Waals surface area contributed by atoms with Gasteiger partial charge in [0.1, 0.15) is 10.8 Å². The maximum Gasteiger partial charge on any atom is 0.273 e. The Morgan fingerprint density at radius 2 is 2.12 bits per heavy atom. The predicted molar refractivity (Wildman–Crippen MR) is 61.4 cm³/mol. The van der Waals surface area contributed by atoms with E-state index in [4.69, 9.17) is 0 Å². The summed E-state index contributed by atoms with van der Waals surface area (Å²) in [5.41, 5.74) is -0.261. The van der Waals surface area contributed by atoms with Crippen molar-refractivity contribution in [2.45, 2.75) is 9.92 Å². The highest BCUT2D eigenvalue weighted by molar-refractivity contribution is 7.99. The molecule has 0 fully saturated rings. The van der Waals surface area contributed by atoms with Crippen LogP contribution in [0.1, 0.15) is 0 Å². The molecule has 86 valence electrons. The lowest BCUT2D eigenvalue weighted by atomic mass is 10.3. The largest absolute Gasteiger partial charge is 0.273 e. The summed E-state index contributed by atoms with van der Waals surface area (Å²) in [5, 5.41) is 11.2. The standard InChI is InChI=1S/C11H7FN2O2S/c12-8-5-9(14(15)16)7-10(6-8)17-11-3-1-2-4-13-11/h1-7H. The van der Waals surface area contributed by atoms with E-state index in [0.29, 0.717) is 9.92 Å². The molecule has 0 aliphatic carbocycles. The number of nitrogens with zero attached hydrogens (tertiary/aromatic N) is 2. The summed E-state index contributed by atoms with van der Waals surface area (Å²) in [6, 6.07) is 8.76. The third-order valence-corrected chi connectivity index (χ3v) is 2.85. The van der Waals surface area contributed by atoms with Gasteiger partial charge in [-0.05, 0) is 18.2 Å². The topological polar surface area (TPSA) is 56.0 Å². The van der Waals surface area contributed by atoms with Crippen molar-refractivity contribution in [2.24, 2.45) is 0 Å². The predicted octanol–water partition coefficient (Wildman–Crippen LogP) is 3.28. The summed E-state index contributed by atoms with van der Waals surface area (Å²) in [5.74, 6) is -0.627. The van der Waals surface area contributed by atoms with Gasteiger partial charge in [0.15, 0.2) is 0 Å². The van der Waals surface area contributed by atoms with Crippen molar-refractivity contribution in [1.82, 2.24) is 4.98 Å². The molecule has 4 nitrogen and oxygen atoms in total. The van der Waals surface area contributed by atoms with E-state index >= 15 is 0 Å². The number of halogens is 1. The first-order valence-electron chi connectivity index (χ1n) is 4.69. The van der Waals surface area contributed by atoms with Gasteiger partial charge in [0, 0.05) is 17.2 Å². The van der Waals surface area contributed by atoms with Crippen molar-refractivity contribution in [3.8, 4) is 0 Å². The summed E-state index contributed by atoms with van der Waals surface area (Å²) >= 11 is 1.18. The van der Waals surface area contributed by atoms with Crippen LogP contribution in [0.15, 0.2) is 52.5 Å². The zero-order valence-electron chi connectivity index (χ0n) is 8.54. The maximum atomic E-state index is 13.2. The third-order valence-electron chi connectivity index (χ3n) is 1.93. The van der Waals surface area contributed by atoms with E-state index < -0.39 is 10.7 Å². The summed E-state index contributed by atoms with van der Waals surface area (Å²) < 4.78 is 13.2. The Bertz CT molecular complexity index is 548. The molecule has 0 saturated heterocycles. The Morgan fingerprint density at radius 1 is 1.29 bits per heavy atom. The van der Waals surface area contributed by atoms with E-state index in [2.05, 4.69) is 4.98 Å². The van der Waals surface area contributed by atoms with Gasteiger partial charge in [-0.25, -0.2) is 9.37 Å². The van der Waals surface area contributed by atoms with Crippen LogP contribution >= 0.6 is 11.8 Å². The first-order valence-corrected chi connectivity index (χ1v) is 5.51. The minimum Gasteiger partial charge on any atom is -0.258 e. The first kappa shape index (κ1) is 11.5. The molecule has 0 aliphatic rings. The van der Waals surface area contributed by atoms with Crippen molar-refractivity contribution in [3.63, 3.8) is 0 Å². The Hall–Kier alpha value is -1.95. The average Bonchev–Trinajstić information content (AvgIpc) is 2.29. The lowest BCUT2D eigenvalue weighted by Gasteiger charge is -2.00. The number of hydrogen-bond donors (Lipinski definition) is 0. The van der Waals surface area contributed by atoms with Crippen LogP contribution in [0.5, 0.6) is 0 Å². The lowest BCUT2D eigenvalue weighted by Crippen LogP contribution is -1.90. The molecule has 1 heterocycles. The molecule has 0 saturated carbocycles. The second kappa shape index (κ2) is 4.92. The van der Waals surface area contributed by atoms with Gasteiger partial charge in [-0.15, -0.1) is 0 Å². The number of nitro benzene ring substituents is 1. The molecule has 2 rings (SSSR count). The van der Waals surface area contributed by atoms with Crippen LogP contribution in [-0.2, 0) is 0 Å². The average molecular weight is 250 g/mol. The lowest BCUT2D eigenvalue weighted by molar-refractivity contribution is -0.385. The van der Waals surface area contributed by atoms with E-state index in [1.807, 2.05) is 0 Å². The highest BCUT2D eigenvalue weighted by atomic mass is 32.2. The van der Waals surface area contributed by atoms with E-state index in [1.54, 1.807) is 24.4 Å². The Morgan fingerprint density at radius 3 is 2.76 bits per heavy atom. The van der Waals surface area contributed by atoms with Gasteiger partial charge >= 0.3 is 0 Å². The molecule has 0 amide bonds. The van der Waals surface area contributed by atoms with Crippen molar-refractivity contribution in [1.29, 1.82) is 0 Å². The molecule has 0 atom stereocenters. The summed E-state index contributed by atoms with van der Waals surface area (Å²) in [4.78, 5) is 14.5. The first-order chi connectivity index (χ1) is 8.15. The van der Waals surface area contributed by atoms with Gasteiger partial charge in [0.2, 0.25) is 0 Å². The summed E-state index contributed by atoms with van der Waals surface area (Å²) in [7, 11) is 0. The number of aromatic nitrogens is 1. The molecule has 0 unspecified atom stereocenters. The molecular formula is C11H7FN2O2S. The Balaban J connectivity index is 2.30. The molecule has 2 aromatic rings. The van der Waals surface area contributed by atoms with E-state index in [0.717, 1.165) is 6.07 Å². The Kier molecular flexibility index (Phi) is 3.34. The van der Waals surface area contributed by atoms with Crippen LogP contribution < -0.4 is 0 Å². The van der Waals surface area contributed by atoms with Crippen molar-refractivity contribution < 1.29 is 9.31 Å². The highest BCUT2D eigenvalue weighted by Crippen LogP contribution is 2.29. The van der Waals surface area contributed by atoms with Crippen LogP contribution in [0.25, 0.3) is 0 Å². The fourth-order valence-electron chi connectivity index (χ4n) is 1.24. The van der Waals surface area contributed by atoms with Crippen molar-refractivity contribution in [2.75, 3.05) is 0 Å². The zero-order valence-corrected chi connectivity index (χ0v) is 9.36. The number of non-ortho nitro benzene ring substituents is 1. The van der Waals surface area contributed by atoms with E-state index in [1.165, 1.54) is 23.9 Å². The highest BCUT2D eigenvalue weighted by Gasteiger charge is 2.10. The third kappa shape index (κ3) is 3.01. The number of hydrogen-bond acceptors (Lipinski definition) is 4. The normalized spacial score (nSPS) is 10.2. The van der Waals surface area contributed by atoms with Gasteiger partial charge in [0.05, 0.1) is 11.0 Å². The quantitative estimate of drug-likeness (QED) is 0.619. The number of nitro groups is 1. The molecular weight excluding hydrogens is 243 g/mol. The van der Waals surface area contributed by atoms with Crippen LogP contribution in [0.3, 0.4) is 0 Å². The summed E-state index contributed by atoms with van der Waals surface area (Å²) in [6.45, 7) is 0. The number of benzene rings is 1. The summed E-state index contributed by atoms with van der Waals surface area (Å²) in [6.07, 6.45) is 1.61. The second-order valence-corrected chi connectivity index (χ2v) is 4.27. The van der Waals surface area contributed by atoms with Gasteiger partial charge < -0.3 is 0 Å². The molecule has 17 heavy (non-hydrogen) atoms. The number of pyridine rings is 1. The molecule has 1 aromatic carbocycles. The molecule has 0 radical (unpaired) electrons. The van der Waals surface area contributed by atoms with Crippen LogP contribution in [0.4, 0.5) is 10.1 Å². The molecule has 0 bridgehead atoms. The Labute approximate surface area is 101 Å². The van der Waals surface area contributed by atoms with Crippen molar-refractivity contribution in [3.05, 3.63) is 58.5 Å². The molecule has 0 spiro atoms. The van der Waals surface area contributed by atoms with Gasteiger partial charge in [0.25, 0.3) is 5.69 Å². The van der Waals surface area contributed by atoms with Crippen LogP contribution in [0, 0.1) is 15.9 Å². The molecule has 0 N–H and O–H groups in total. The van der Waals surface area contributed by atoms with E-state index in [9.17, 15) is 14.5 Å². The smallest absolute Gasteiger partial charge is 0.258 e. The maximum absolute atomic E-state index is 13.2.